The standard InChI is InChI=1S/C21H18N2O7/c1-2-10-29-23-16-9-8-14(30-13-6-4-3-5-7-13)11-15(16)19(26)18(21(23)28)20(27)22-12-17(24)25/h2-9,11,26H,1,10,12H2,(H,22,27)(H,24,25). The molecule has 3 rings (SSSR count). The number of ether oxygens (including phenoxy) is 1. The number of aliphatic carboxylic acids is 1. The van der Waals surface area contributed by atoms with Crippen molar-refractivity contribution < 1.29 is 29.4 Å². The van der Waals surface area contributed by atoms with Gasteiger partial charge in [0.1, 0.15) is 30.4 Å². The monoisotopic (exact) mass is 410 g/mol. The van der Waals surface area contributed by atoms with Crippen molar-refractivity contribution in [2.45, 2.75) is 0 Å². The molecule has 3 N–H and O–H groups in total. The fourth-order valence-corrected chi connectivity index (χ4v) is 2.72. The highest BCUT2D eigenvalue weighted by atomic mass is 16.7. The van der Waals surface area contributed by atoms with Crippen LogP contribution in [0.25, 0.3) is 10.9 Å². The van der Waals surface area contributed by atoms with Gasteiger partial charge in [0.25, 0.3) is 11.5 Å². The van der Waals surface area contributed by atoms with Crippen molar-refractivity contribution in [3.8, 4) is 17.2 Å². The van der Waals surface area contributed by atoms with Gasteiger partial charge in [0.2, 0.25) is 0 Å². The Kier molecular flexibility index (Phi) is 6.02. The van der Waals surface area contributed by atoms with Gasteiger partial charge in [-0.1, -0.05) is 30.9 Å². The second-order valence-corrected chi connectivity index (χ2v) is 6.08. The maximum atomic E-state index is 12.8. The van der Waals surface area contributed by atoms with Gasteiger partial charge in [-0.15, -0.1) is 4.73 Å². The smallest absolute Gasteiger partial charge is 0.322 e. The molecule has 0 aliphatic heterocycles. The zero-order chi connectivity index (χ0) is 21.7. The number of amides is 1. The predicted octanol–water partition coefficient (Wildman–Crippen LogP) is 1.93. The van der Waals surface area contributed by atoms with Crippen LogP contribution in [0.3, 0.4) is 0 Å². The van der Waals surface area contributed by atoms with E-state index in [2.05, 4.69) is 11.9 Å². The molecule has 9 heteroatoms. The summed E-state index contributed by atoms with van der Waals surface area (Å²) in [5.41, 5.74) is -1.40. The summed E-state index contributed by atoms with van der Waals surface area (Å²) in [6.45, 7) is 2.75. The third kappa shape index (κ3) is 4.25. The molecule has 0 unspecified atom stereocenters. The molecule has 0 aliphatic rings. The van der Waals surface area contributed by atoms with E-state index in [1.807, 2.05) is 6.07 Å². The molecule has 30 heavy (non-hydrogen) atoms. The molecule has 0 fully saturated rings. The number of pyridine rings is 1. The van der Waals surface area contributed by atoms with E-state index in [0.717, 1.165) is 4.73 Å². The molecular weight excluding hydrogens is 392 g/mol. The molecule has 0 saturated heterocycles. The minimum absolute atomic E-state index is 0.0434. The summed E-state index contributed by atoms with van der Waals surface area (Å²) in [7, 11) is 0. The summed E-state index contributed by atoms with van der Waals surface area (Å²) in [6, 6.07) is 13.4. The quantitative estimate of drug-likeness (QED) is 0.484. The molecule has 1 aromatic heterocycles. The number of carbonyl (C=O) groups is 2. The summed E-state index contributed by atoms with van der Waals surface area (Å²) < 4.78 is 6.58. The number of hydrogen-bond acceptors (Lipinski definition) is 6. The highest BCUT2D eigenvalue weighted by molar-refractivity contribution is 6.03. The van der Waals surface area contributed by atoms with Crippen LogP contribution in [0.1, 0.15) is 10.4 Å². The molecule has 2 aromatic carbocycles. The van der Waals surface area contributed by atoms with Crippen molar-refractivity contribution in [3.05, 3.63) is 77.1 Å². The number of aromatic nitrogens is 1. The third-order valence-electron chi connectivity index (χ3n) is 4.00. The van der Waals surface area contributed by atoms with Crippen molar-refractivity contribution in [1.82, 2.24) is 10.0 Å². The molecule has 9 nitrogen and oxygen atoms in total. The topological polar surface area (TPSA) is 127 Å². The Labute approximate surface area is 170 Å². The van der Waals surface area contributed by atoms with Gasteiger partial charge in [-0.3, -0.25) is 14.4 Å². The number of rotatable bonds is 8. The van der Waals surface area contributed by atoms with E-state index in [0.29, 0.717) is 11.5 Å². The van der Waals surface area contributed by atoms with Gasteiger partial charge >= 0.3 is 5.97 Å². The molecule has 3 aromatic rings. The maximum absolute atomic E-state index is 12.8. The lowest BCUT2D eigenvalue weighted by Gasteiger charge is -2.15. The molecule has 1 heterocycles. The Morgan fingerprint density at radius 3 is 2.53 bits per heavy atom. The van der Waals surface area contributed by atoms with Crippen LogP contribution >= 0.6 is 0 Å². The maximum Gasteiger partial charge on any atom is 0.322 e. The Morgan fingerprint density at radius 1 is 1.13 bits per heavy atom. The number of para-hydroxylation sites is 1. The summed E-state index contributed by atoms with van der Waals surface area (Å²) >= 11 is 0. The van der Waals surface area contributed by atoms with Gasteiger partial charge in [0.05, 0.1) is 5.52 Å². The van der Waals surface area contributed by atoms with Gasteiger partial charge in [0.15, 0.2) is 5.56 Å². The van der Waals surface area contributed by atoms with Gasteiger partial charge in [-0.2, -0.15) is 0 Å². The largest absolute Gasteiger partial charge is 0.506 e. The van der Waals surface area contributed by atoms with E-state index in [1.165, 1.54) is 18.2 Å². The molecule has 1 amide bonds. The van der Waals surface area contributed by atoms with Crippen LogP contribution in [0.2, 0.25) is 0 Å². The first kappa shape index (κ1) is 20.5. The van der Waals surface area contributed by atoms with E-state index in [1.54, 1.807) is 30.3 Å². The summed E-state index contributed by atoms with van der Waals surface area (Å²) in [5, 5.41) is 21.6. The average Bonchev–Trinajstić information content (AvgIpc) is 2.73. The normalized spacial score (nSPS) is 10.4. The van der Waals surface area contributed by atoms with Crippen molar-refractivity contribution in [3.63, 3.8) is 0 Å². The fourth-order valence-electron chi connectivity index (χ4n) is 2.72. The number of benzene rings is 2. The number of carboxylic acids is 1. The number of carboxylic acid groups (broad SMARTS) is 1. The Morgan fingerprint density at radius 2 is 1.87 bits per heavy atom. The van der Waals surface area contributed by atoms with Crippen molar-refractivity contribution in [1.29, 1.82) is 0 Å². The molecule has 0 radical (unpaired) electrons. The van der Waals surface area contributed by atoms with Crippen LogP contribution in [0.15, 0.2) is 66.0 Å². The second kappa shape index (κ2) is 8.82. The first-order valence-corrected chi connectivity index (χ1v) is 8.81. The van der Waals surface area contributed by atoms with Crippen LogP contribution in [-0.4, -0.2) is 40.0 Å². The Hall–Kier alpha value is -4.27. The number of fused-ring (bicyclic) bond motifs is 1. The van der Waals surface area contributed by atoms with Gasteiger partial charge < -0.3 is 25.1 Å². The Balaban J connectivity index is 2.14. The highest BCUT2D eigenvalue weighted by Crippen LogP contribution is 2.31. The van der Waals surface area contributed by atoms with Gasteiger partial charge in [0, 0.05) is 5.39 Å². The van der Waals surface area contributed by atoms with E-state index in [4.69, 9.17) is 14.7 Å². The van der Waals surface area contributed by atoms with Crippen LogP contribution in [-0.2, 0) is 4.79 Å². The second-order valence-electron chi connectivity index (χ2n) is 6.08. The van der Waals surface area contributed by atoms with Crippen LogP contribution in [0, 0.1) is 0 Å². The van der Waals surface area contributed by atoms with E-state index < -0.39 is 35.3 Å². The molecule has 0 bridgehead atoms. The Bertz CT molecular complexity index is 1170. The van der Waals surface area contributed by atoms with Crippen molar-refractivity contribution >= 4 is 22.8 Å². The lowest BCUT2D eigenvalue weighted by atomic mass is 10.1. The van der Waals surface area contributed by atoms with Crippen molar-refractivity contribution in [2.75, 3.05) is 13.2 Å². The number of nitrogens with zero attached hydrogens (tertiary/aromatic N) is 1. The lowest BCUT2D eigenvalue weighted by Crippen LogP contribution is -2.37. The van der Waals surface area contributed by atoms with E-state index >= 15 is 0 Å². The van der Waals surface area contributed by atoms with Gasteiger partial charge in [-0.05, 0) is 30.3 Å². The highest BCUT2D eigenvalue weighted by Gasteiger charge is 2.24. The number of aromatic hydroxyl groups is 1. The van der Waals surface area contributed by atoms with Crippen LogP contribution < -0.4 is 20.5 Å². The van der Waals surface area contributed by atoms with Crippen molar-refractivity contribution in [2.24, 2.45) is 0 Å². The van der Waals surface area contributed by atoms with Gasteiger partial charge in [-0.25, -0.2) is 0 Å². The first-order chi connectivity index (χ1) is 14.4. The lowest BCUT2D eigenvalue weighted by molar-refractivity contribution is -0.135. The minimum Gasteiger partial charge on any atom is -0.506 e. The first-order valence-electron chi connectivity index (χ1n) is 8.81. The zero-order valence-corrected chi connectivity index (χ0v) is 15.7. The molecule has 0 saturated carbocycles. The summed E-state index contributed by atoms with van der Waals surface area (Å²) in [4.78, 5) is 41.3. The van der Waals surface area contributed by atoms with Crippen LogP contribution in [0.5, 0.6) is 17.2 Å². The third-order valence-corrected chi connectivity index (χ3v) is 4.00. The number of nitrogens with one attached hydrogen (secondary N) is 1. The summed E-state index contributed by atoms with van der Waals surface area (Å²) in [5.74, 6) is -2.07. The van der Waals surface area contributed by atoms with Crippen LogP contribution in [0.4, 0.5) is 0 Å². The van der Waals surface area contributed by atoms with E-state index in [9.17, 15) is 19.5 Å². The molecule has 0 atom stereocenters. The average molecular weight is 410 g/mol. The molecule has 0 aliphatic carbocycles. The minimum atomic E-state index is -1.30. The fraction of sp³-hybridized carbons (Fsp3) is 0.0952. The predicted molar refractivity (Wildman–Crippen MR) is 108 cm³/mol. The van der Waals surface area contributed by atoms with E-state index in [-0.39, 0.29) is 17.5 Å². The summed E-state index contributed by atoms with van der Waals surface area (Å²) in [6.07, 6.45) is 1.40. The molecule has 0 spiro atoms. The molecule has 154 valence electrons. The SMILES string of the molecule is C=CCOn1c(=O)c(C(=O)NCC(=O)O)c(O)c2cc(Oc3ccccc3)ccc21. The molecular formula is C21H18N2O7. The zero-order valence-electron chi connectivity index (χ0n) is 15.7. The number of hydrogen-bond donors (Lipinski definition) is 3. The number of carbonyl (C=O) groups excluding carboxylic acids is 1.